The van der Waals surface area contributed by atoms with E-state index in [2.05, 4.69) is 21.2 Å². The fourth-order valence-electron chi connectivity index (χ4n) is 9.49. The molecule has 2 unspecified atom stereocenters. The monoisotopic (exact) mass is 773 g/mol. The lowest BCUT2D eigenvalue weighted by Crippen LogP contribution is -2.55. The summed E-state index contributed by atoms with van der Waals surface area (Å²) in [6.07, 6.45) is 1.12. The Balaban J connectivity index is 1.20. The van der Waals surface area contributed by atoms with Gasteiger partial charge >= 0.3 is 18.2 Å². The average molecular weight is 774 g/mol. The minimum atomic E-state index is -0.949. The van der Waals surface area contributed by atoms with Gasteiger partial charge in [0.25, 0.3) is 0 Å². The number of hydrogen-bond donors (Lipinski definition) is 2. The van der Waals surface area contributed by atoms with Crippen LogP contribution in [0.1, 0.15) is 69.6 Å². The summed E-state index contributed by atoms with van der Waals surface area (Å²) >= 11 is 0.965. The minimum absolute atomic E-state index is 0.108. The molecule has 4 saturated heterocycles. The van der Waals surface area contributed by atoms with Gasteiger partial charge in [-0.2, -0.15) is 15.2 Å². The molecule has 2 aromatic carbocycles. The van der Waals surface area contributed by atoms with E-state index < -0.39 is 35.3 Å². The Morgan fingerprint density at radius 3 is 2.62 bits per heavy atom. The number of ether oxygens (including phenoxy) is 3. The zero-order valence-corrected chi connectivity index (χ0v) is 31.6. The Hall–Kier alpha value is -4.85. The Morgan fingerprint density at radius 1 is 1.13 bits per heavy atom. The molecular weight excluding hydrogens is 733 g/mol. The highest BCUT2D eigenvalue weighted by Crippen LogP contribution is 2.48. The molecule has 9 rings (SSSR count). The van der Waals surface area contributed by atoms with E-state index in [9.17, 15) is 24.3 Å². The first-order valence-electron chi connectivity index (χ1n) is 18.7. The molecule has 2 aromatic heterocycles. The highest BCUT2D eigenvalue weighted by Gasteiger charge is 2.50. The number of benzene rings is 2. The first-order chi connectivity index (χ1) is 26.3. The number of amides is 2. The van der Waals surface area contributed by atoms with Crippen molar-refractivity contribution in [3.8, 4) is 23.2 Å². The van der Waals surface area contributed by atoms with Crippen LogP contribution in [0.5, 0.6) is 6.01 Å². The van der Waals surface area contributed by atoms with Crippen molar-refractivity contribution in [1.29, 1.82) is 5.26 Å². The number of nitriles is 1. The van der Waals surface area contributed by atoms with Crippen LogP contribution in [0.25, 0.3) is 32.1 Å². The fourth-order valence-corrected chi connectivity index (χ4v) is 10.6. The number of carbonyl (C=O) groups is 2. The van der Waals surface area contributed by atoms with Gasteiger partial charge in [-0.3, -0.25) is 10.2 Å². The normalized spacial score (nSPS) is 24.7. The third-order valence-electron chi connectivity index (χ3n) is 11.7. The van der Waals surface area contributed by atoms with E-state index in [0.717, 1.165) is 60.1 Å². The summed E-state index contributed by atoms with van der Waals surface area (Å²) in [5, 5.41) is 24.3. The van der Waals surface area contributed by atoms with Gasteiger partial charge in [0.1, 0.15) is 41.1 Å². The number of rotatable bonds is 6. The van der Waals surface area contributed by atoms with Gasteiger partial charge in [-0.05, 0) is 87.4 Å². The average Bonchev–Trinajstić information content (AvgIpc) is 3.94. The topological polar surface area (TPSA) is 153 Å². The van der Waals surface area contributed by atoms with Gasteiger partial charge < -0.3 is 29.1 Å². The van der Waals surface area contributed by atoms with Crippen molar-refractivity contribution in [2.45, 2.75) is 95.5 Å². The van der Waals surface area contributed by atoms with Crippen molar-refractivity contribution < 1.29 is 37.7 Å². The number of nitrogens with zero attached hydrogens (tertiary/aromatic N) is 6. The number of nitrogens with one attached hydrogen (secondary N) is 1. The number of likely N-dealkylation sites (tertiary alicyclic amines) is 1. The number of carboxylic acid groups (broad SMARTS) is 1. The minimum Gasteiger partial charge on any atom is -0.465 e. The summed E-state index contributed by atoms with van der Waals surface area (Å²) in [5.41, 5.74) is 2.39. The first kappa shape index (κ1) is 35.8. The summed E-state index contributed by atoms with van der Waals surface area (Å²) in [4.78, 5) is 40.7. The van der Waals surface area contributed by atoms with E-state index in [1.54, 1.807) is 26.8 Å². The van der Waals surface area contributed by atoms with Crippen molar-refractivity contribution in [2.24, 2.45) is 0 Å². The molecule has 4 aromatic rings. The lowest BCUT2D eigenvalue weighted by Gasteiger charge is -2.41. The third kappa shape index (κ3) is 6.07. The highest BCUT2D eigenvalue weighted by molar-refractivity contribution is 7.23. The fraction of sp³-hybridized carbons (Fsp3) is 0.513. The number of halogens is 2. The van der Waals surface area contributed by atoms with Crippen molar-refractivity contribution in [3.63, 3.8) is 0 Å². The second kappa shape index (κ2) is 13.1. The van der Waals surface area contributed by atoms with Crippen LogP contribution >= 0.6 is 11.3 Å². The Labute approximate surface area is 319 Å². The Kier molecular flexibility index (Phi) is 8.55. The molecular formula is C39H41F2N7O6S. The zero-order valence-electron chi connectivity index (χ0n) is 30.8. The summed E-state index contributed by atoms with van der Waals surface area (Å²) in [6.45, 7) is 7.78. The van der Waals surface area contributed by atoms with E-state index in [1.165, 1.54) is 11.0 Å². The molecule has 4 fully saturated rings. The standard InChI is InChI=1S/C39H41F2N7O6S/c1-38(2,3)54-36(49)45-34-25(13-42)30-23(7-8-28(41)32(30)55-34)24-11-29-31(27-18-52-17-26(24)27)33(48-21-5-6-22(48)16-46(15-21)37(50)51)44-35(43-29)53-19-39-9-4-10-47(39)14-20(40)12-39/h7-8,11,20-22H,4-6,9-10,12,14-19H2,1-3H3,(H,45,49)(H,50,51)/t20-,21?,22?,39+/m1/s1. The van der Waals surface area contributed by atoms with Crippen LogP contribution in [-0.2, 0) is 22.7 Å². The molecule has 2 amide bonds. The Morgan fingerprint density at radius 2 is 1.89 bits per heavy atom. The predicted octanol–water partition coefficient (Wildman–Crippen LogP) is 7.19. The molecule has 4 atom stereocenters. The summed E-state index contributed by atoms with van der Waals surface area (Å²) < 4.78 is 48.5. The molecule has 0 spiro atoms. The van der Waals surface area contributed by atoms with E-state index in [-0.39, 0.29) is 53.2 Å². The molecule has 0 radical (unpaired) electrons. The summed E-state index contributed by atoms with van der Waals surface area (Å²) in [5.74, 6) is 0.105. The van der Waals surface area contributed by atoms with Crippen LogP contribution in [0.4, 0.5) is 29.2 Å². The largest absolute Gasteiger partial charge is 0.465 e. The van der Waals surface area contributed by atoms with E-state index in [1.807, 2.05) is 6.07 Å². The number of alkyl halides is 1. The van der Waals surface area contributed by atoms with Gasteiger partial charge in [-0.1, -0.05) is 6.07 Å². The molecule has 55 heavy (non-hydrogen) atoms. The van der Waals surface area contributed by atoms with Crippen molar-refractivity contribution in [1.82, 2.24) is 19.8 Å². The van der Waals surface area contributed by atoms with E-state index in [4.69, 9.17) is 24.2 Å². The van der Waals surface area contributed by atoms with Crippen LogP contribution in [0.15, 0.2) is 18.2 Å². The lowest BCUT2D eigenvalue weighted by molar-refractivity contribution is 0.0636. The maximum absolute atomic E-state index is 15.6. The summed E-state index contributed by atoms with van der Waals surface area (Å²) in [7, 11) is 0. The molecule has 5 aliphatic heterocycles. The number of fused-ring (bicyclic) bond motifs is 7. The van der Waals surface area contributed by atoms with Gasteiger partial charge in [0, 0.05) is 48.9 Å². The highest BCUT2D eigenvalue weighted by atomic mass is 32.1. The lowest BCUT2D eigenvalue weighted by atomic mass is 9.91. The van der Waals surface area contributed by atoms with E-state index >= 15 is 4.39 Å². The Bertz CT molecular complexity index is 2290. The van der Waals surface area contributed by atoms with Crippen LogP contribution in [0, 0.1) is 17.1 Å². The van der Waals surface area contributed by atoms with Gasteiger partial charge in [0.2, 0.25) is 0 Å². The molecule has 7 heterocycles. The van der Waals surface area contributed by atoms with Gasteiger partial charge in [-0.25, -0.2) is 18.4 Å². The third-order valence-corrected chi connectivity index (χ3v) is 12.8. The molecule has 2 bridgehead atoms. The maximum Gasteiger partial charge on any atom is 0.412 e. The van der Waals surface area contributed by atoms with Crippen molar-refractivity contribution >= 4 is 55.3 Å². The molecule has 5 aliphatic rings. The number of thiophene rings is 1. The summed E-state index contributed by atoms with van der Waals surface area (Å²) in [6, 6.07) is 7.00. The second-order valence-electron chi connectivity index (χ2n) is 16.3. The van der Waals surface area contributed by atoms with Crippen molar-refractivity contribution in [2.75, 3.05) is 43.0 Å². The van der Waals surface area contributed by atoms with Gasteiger partial charge in [0.15, 0.2) is 0 Å². The van der Waals surface area contributed by atoms with Crippen LogP contribution in [-0.4, -0.2) is 99.2 Å². The SMILES string of the molecule is CC(C)(C)OC(=O)Nc1sc2c(F)ccc(-c3cc4nc(OC[C@@]56CCCN5C[C@H](F)C6)nc(N5C6CCC5CN(C(=O)O)C6)c4c4c3COC4)c2c1C#N. The number of aromatic nitrogens is 2. The maximum atomic E-state index is 15.6. The van der Waals surface area contributed by atoms with E-state index in [0.29, 0.717) is 53.9 Å². The molecule has 0 saturated carbocycles. The number of anilines is 2. The predicted molar refractivity (Wildman–Crippen MR) is 201 cm³/mol. The van der Waals surface area contributed by atoms with Crippen LogP contribution in [0.3, 0.4) is 0 Å². The van der Waals surface area contributed by atoms with Gasteiger partial charge in [0.05, 0.1) is 34.5 Å². The number of hydrogen-bond acceptors (Lipinski definition) is 11. The van der Waals surface area contributed by atoms with Crippen molar-refractivity contribution in [3.05, 3.63) is 40.7 Å². The molecule has 16 heteroatoms. The molecule has 0 aliphatic carbocycles. The quantitative estimate of drug-likeness (QED) is 0.205. The second-order valence-corrected chi connectivity index (χ2v) is 17.3. The zero-order chi connectivity index (χ0) is 38.4. The molecule has 2 N–H and O–H groups in total. The molecule has 288 valence electrons. The number of piperazine rings is 1. The first-order valence-corrected chi connectivity index (χ1v) is 19.5. The van der Waals surface area contributed by atoms with Crippen LogP contribution < -0.4 is 15.0 Å². The van der Waals surface area contributed by atoms with Gasteiger partial charge in [-0.15, -0.1) is 11.3 Å². The smallest absolute Gasteiger partial charge is 0.412 e. The number of carbonyl (C=O) groups excluding carboxylic acids is 1. The van der Waals surface area contributed by atoms with Crippen LogP contribution in [0.2, 0.25) is 0 Å². The molecule has 13 nitrogen and oxygen atoms in total.